The molecule has 0 aromatic heterocycles. The number of primary amides is 1. The number of nitrogens with one attached hydrogen (secondary N) is 2. The lowest BCUT2D eigenvalue weighted by Crippen LogP contribution is -2.53. The Balaban J connectivity index is 3.47. The summed E-state index contributed by atoms with van der Waals surface area (Å²) in [5.41, 5.74) is 5.95. The summed E-state index contributed by atoms with van der Waals surface area (Å²) in [6.45, 7) is 11.2. The minimum absolute atomic E-state index is 0.0219. The Labute approximate surface area is 243 Å². The van der Waals surface area contributed by atoms with Gasteiger partial charge in [-0.05, 0) is 58.6 Å². The van der Waals surface area contributed by atoms with Crippen LogP contribution < -0.4 is 16.4 Å². The fraction of sp³-hybridized carbons (Fsp3) is 0.633. The van der Waals surface area contributed by atoms with E-state index in [2.05, 4.69) is 17.6 Å². The van der Waals surface area contributed by atoms with Gasteiger partial charge in [-0.3, -0.25) is 19.2 Å². The number of rotatable bonds is 17. The number of hydrogen-bond acceptors (Lipinski definition) is 7. The van der Waals surface area contributed by atoms with Crippen LogP contribution in [0.2, 0.25) is 0 Å². The van der Waals surface area contributed by atoms with E-state index in [1.807, 2.05) is 19.1 Å². The molecule has 11 nitrogen and oxygen atoms in total. The highest BCUT2D eigenvalue weighted by molar-refractivity contribution is 5.92. The van der Waals surface area contributed by atoms with Gasteiger partial charge in [-0.25, -0.2) is 4.79 Å². The number of nitrogens with two attached hydrogens (primary N) is 1. The molecule has 4 amide bonds. The smallest absolute Gasteiger partial charge is 0.408 e. The number of carbonyl (C=O) groups excluding carboxylic acids is 5. The van der Waals surface area contributed by atoms with Gasteiger partial charge in [0.05, 0.1) is 13.0 Å². The molecule has 1 aromatic carbocycles. The van der Waals surface area contributed by atoms with Crippen molar-refractivity contribution in [3.05, 3.63) is 35.4 Å². The van der Waals surface area contributed by atoms with Crippen LogP contribution in [-0.2, 0) is 28.7 Å². The van der Waals surface area contributed by atoms with E-state index >= 15 is 0 Å². The molecule has 0 radical (unpaired) electrons. The molecule has 1 aromatic rings. The molecule has 0 aliphatic heterocycles. The maximum Gasteiger partial charge on any atom is 0.408 e. The summed E-state index contributed by atoms with van der Waals surface area (Å²) >= 11 is 0. The van der Waals surface area contributed by atoms with E-state index in [1.54, 1.807) is 39.8 Å². The summed E-state index contributed by atoms with van der Waals surface area (Å²) in [5, 5.41) is 5.37. The number of esters is 1. The Hall–Kier alpha value is -3.63. The first-order valence-electron chi connectivity index (χ1n) is 14.4. The van der Waals surface area contributed by atoms with Crippen molar-refractivity contribution in [3.63, 3.8) is 0 Å². The molecule has 0 spiro atoms. The largest absolute Gasteiger partial charge is 0.466 e. The zero-order valence-electron chi connectivity index (χ0n) is 25.4. The molecule has 0 aliphatic carbocycles. The summed E-state index contributed by atoms with van der Waals surface area (Å²) in [5.74, 6) is -2.09. The summed E-state index contributed by atoms with van der Waals surface area (Å²) in [4.78, 5) is 65.5. The van der Waals surface area contributed by atoms with Crippen LogP contribution in [0, 0.1) is 6.92 Å². The fourth-order valence-electron chi connectivity index (χ4n) is 4.23. The Kier molecular flexibility index (Phi) is 15.5. The first kappa shape index (κ1) is 35.4. The quantitative estimate of drug-likeness (QED) is 0.189. The van der Waals surface area contributed by atoms with Gasteiger partial charge >= 0.3 is 12.1 Å². The number of carbonyl (C=O) groups is 5. The molecular weight excluding hydrogens is 528 g/mol. The SMILES string of the molecule is CCCCCCN(C(=O)C(CCC(N)=O)NC(=O)OC(C)(C)C)C(C(=O)NCCC(=O)OCC)c1ccccc1C. The molecule has 11 heteroatoms. The molecule has 0 aliphatic rings. The van der Waals surface area contributed by atoms with Gasteiger partial charge in [-0.2, -0.15) is 0 Å². The van der Waals surface area contributed by atoms with E-state index in [-0.39, 0.29) is 39.0 Å². The minimum Gasteiger partial charge on any atom is -0.466 e. The predicted octanol–water partition coefficient (Wildman–Crippen LogP) is 3.67. The molecule has 0 heterocycles. The van der Waals surface area contributed by atoms with E-state index in [1.165, 1.54) is 4.90 Å². The average molecular weight is 577 g/mol. The molecule has 230 valence electrons. The summed E-state index contributed by atoms with van der Waals surface area (Å²) in [6, 6.07) is 5.02. The Bertz CT molecular complexity index is 1020. The topological polar surface area (TPSA) is 157 Å². The van der Waals surface area contributed by atoms with Crippen LogP contribution in [0.1, 0.15) is 96.7 Å². The van der Waals surface area contributed by atoms with Crippen molar-refractivity contribution in [1.29, 1.82) is 0 Å². The molecule has 2 atom stereocenters. The third kappa shape index (κ3) is 13.5. The van der Waals surface area contributed by atoms with E-state index in [0.717, 1.165) is 24.8 Å². The predicted molar refractivity (Wildman–Crippen MR) is 156 cm³/mol. The Morgan fingerprint density at radius 1 is 1.00 bits per heavy atom. The molecule has 0 saturated heterocycles. The van der Waals surface area contributed by atoms with Crippen LogP contribution >= 0.6 is 0 Å². The van der Waals surface area contributed by atoms with Gasteiger partial charge in [0, 0.05) is 19.5 Å². The van der Waals surface area contributed by atoms with E-state index in [4.69, 9.17) is 15.2 Å². The van der Waals surface area contributed by atoms with Crippen molar-refractivity contribution in [3.8, 4) is 0 Å². The van der Waals surface area contributed by atoms with Gasteiger partial charge in [0.15, 0.2) is 0 Å². The number of hydrogen-bond donors (Lipinski definition) is 3. The van der Waals surface area contributed by atoms with Crippen molar-refractivity contribution < 1.29 is 33.4 Å². The molecule has 0 saturated carbocycles. The third-order valence-corrected chi connectivity index (χ3v) is 6.18. The number of benzene rings is 1. The molecule has 4 N–H and O–H groups in total. The normalized spacial score (nSPS) is 12.5. The number of amides is 4. The second-order valence-electron chi connectivity index (χ2n) is 10.9. The van der Waals surface area contributed by atoms with Gasteiger partial charge in [0.2, 0.25) is 17.7 Å². The lowest BCUT2D eigenvalue weighted by atomic mass is 9.97. The minimum atomic E-state index is -1.16. The summed E-state index contributed by atoms with van der Waals surface area (Å²) < 4.78 is 10.3. The van der Waals surface area contributed by atoms with Gasteiger partial charge in [0.25, 0.3) is 0 Å². The Morgan fingerprint density at radius 2 is 1.68 bits per heavy atom. The van der Waals surface area contributed by atoms with Crippen LogP contribution in [0.4, 0.5) is 4.79 Å². The molecule has 41 heavy (non-hydrogen) atoms. The number of ether oxygens (including phenoxy) is 2. The maximum absolute atomic E-state index is 14.2. The van der Waals surface area contributed by atoms with Gasteiger partial charge < -0.3 is 30.7 Å². The van der Waals surface area contributed by atoms with Crippen molar-refractivity contribution in [2.45, 2.75) is 104 Å². The lowest BCUT2D eigenvalue weighted by molar-refractivity contribution is -0.144. The first-order valence-corrected chi connectivity index (χ1v) is 14.4. The monoisotopic (exact) mass is 576 g/mol. The van der Waals surface area contributed by atoms with E-state index in [9.17, 15) is 24.0 Å². The first-order chi connectivity index (χ1) is 19.3. The zero-order valence-corrected chi connectivity index (χ0v) is 25.4. The van der Waals surface area contributed by atoms with Crippen LogP contribution in [0.25, 0.3) is 0 Å². The van der Waals surface area contributed by atoms with Gasteiger partial charge in [-0.1, -0.05) is 50.5 Å². The van der Waals surface area contributed by atoms with Gasteiger partial charge in [-0.15, -0.1) is 0 Å². The molecular formula is C30H48N4O7. The van der Waals surface area contributed by atoms with Crippen molar-refractivity contribution in [2.24, 2.45) is 5.73 Å². The van der Waals surface area contributed by atoms with E-state index < -0.39 is 47.5 Å². The van der Waals surface area contributed by atoms with Crippen LogP contribution in [0.5, 0.6) is 0 Å². The van der Waals surface area contributed by atoms with E-state index in [0.29, 0.717) is 12.0 Å². The molecule has 0 fully saturated rings. The van der Waals surface area contributed by atoms with Gasteiger partial charge in [0.1, 0.15) is 17.7 Å². The Morgan fingerprint density at radius 3 is 2.27 bits per heavy atom. The highest BCUT2D eigenvalue weighted by atomic mass is 16.6. The summed E-state index contributed by atoms with van der Waals surface area (Å²) in [6.07, 6.45) is 2.31. The van der Waals surface area contributed by atoms with Crippen molar-refractivity contribution >= 4 is 29.8 Å². The second kappa shape index (κ2) is 17.9. The average Bonchev–Trinajstić information content (AvgIpc) is 2.87. The van der Waals surface area contributed by atoms with Crippen LogP contribution in [0.15, 0.2) is 24.3 Å². The highest BCUT2D eigenvalue weighted by Gasteiger charge is 2.36. The number of unbranched alkanes of at least 4 members (excludes halogenated alkanes) is 3. The zero-order chi connectivity index (χ0) is 31.0. The number of alkyl carbamates (subject to hydrolysis) is 1. The lowest BCUT2D eigenvalue weighted by Gasteiger charge is -2.35. The number of aryl methyl sites for hydroxylation is 1. The maximum atomic E-state index is 14.2. The standard InChI is InChI=1S/C30H48N4O7/c1-7-9-10-13-20-34(28(38)23(16-17-24(31)35)33-29(39)41-30(4,5)6)26(22-15-12-11-14-21(22)3)27(37)32-19-18-25(36)40-8-2/h11-12,14-15,23,26H,7-10,13,16-20H2,1-6H3,(H2,31,35)(H,32,37)(H,33,39). The molecule has 1 rings (SSSR count). The summed E-state index contributed by atoms with van der Waals surface area (Å²) in [7, 11) is 0. The second-order valence-corrected chi connectivity index (χ2v) is 10.9. The third-order valence-electron chi connectivity index (χ3n) is 6.18. The molecule has 0 bridgehead atoms. The molecule has 2 unspecified atom stereocenters. The number of nitrogens with zero attached hydrogens (tertiary/aromatic N) is 1. The van der Waals surface area contributed by atoms with Crippen molar-refractivity contribution in [2.75, 3.05) is 19.7 Å². The fourth-order valence-corrected chi connectivity index (χ4v) is 4.23. The van der Waals surface area contributed by atoms with Crippen LogP contribution in [-0.4, -0.2) is 66.0 Å². The van der Waals surface area contributed by atoms with Crippen molar-refractivity contribution in [1.82, 2.24) is 15.5 Å². The van der Waals surface area contributed by atoms with Crippen LogP contribution in [0.3, 0.4) is 0 Å². The highest BCUT2D eigenvalue weighted by Crippen LogP contribution is 2.27.